The van der Waals surface area contributed by atoms with Gasteiger partial charge in [0.05, 0.1) is 0 Å². The largest absolute Gasteiger partial charge is 0.481 e. The standard InChI is InChI=1S/C18H25N3O3/c1-4-10-21-11-8-13-12-14(5-6-15(13)21)19-17(24)20-18(2,3)9-7-16(22)23/h5-6,8,11-12H,4,7,9-10H2,1-3H3,(H,22,23)(H2,19,20,24). The van der Waals surface area contributed by atoms with E-state index < -0.39 is 11.5 Å². The number of amides is 2. The Morgan fingerprint density at radius 3 is 2.67 bits per heavy atom. The van der Waals surface area contributed by atoms with Gasteiger partial charge < -0.3 is 20.3 Å². The molecule has 1 aromatic heterocycles. The van der Waals surface area contributed by atoms with Crippen LogP contribution in [0.2, 0.25) is 0 Å². The van der Waals surface area contributed by atoms with Crippen molar-refractivity contribution in [1.82, 2.24) is 9.88 Å². The lowest BCUT2D eigenvalue weighted by Gasteiger charge is -2.25. The van der Waals surface area contributed by atoms with Gasteiger partial charge in [-0.1, -0.05) is 6.92 Å². The Hall–Kier alpha value is -2.50. The number of fused-ring (bicyclic) bond motifs is 1. The summed E-state index contributed by atoms with van der Waals surface area (Å²) < 4.78 is 2.19. The van der Waals surface area contributed by atoms with Gasteiger partial charge in [-0.25, -0.2) is 4.79 Å². The average Bonchev–Trinajstić information content (AvgIpc) is 2.87. The summed E-state index contributed by atoms with van der Waals surface area (Å²) in [5.74, 6) is -0.868. The van der Waals surface area contributed by atoms with Gasteiger partial charge in [0.1, 0.15) is 0 Å². The molecule has 0 spiro atoms. The molecule has 0 bridgehead atoms. The van der Waals surface area contributed by atoms with E-state index in [0.717, 1.165) is 23.9 Å². The van der Waals surface area contributed by atoms with Crippen LogP contribution in [0.1, 0.15) is 40.0 Å². The molecule has 0 atom stereocenters. The van der Waals surface area contributed by atoms with Crippen molar-refractivity contribution in [2.45, 2.75) is 52.1 Å². The molecular weight excluding hydrogens is 306 g/mol. The third kappa shape index (κ3) is 4.75. The first kappa shape index (κ1) is 17.8. The molecule has 2 amide bonds. The van der Waals surface area contributed by atoms with Crippen molar-refractivity contribution < 1.29 is 14.7 Å². The first-order valence-electron chi connectivity index (χ1n) is 8.20. The van der Waals surface area contributed by atoms with Crippen LogP contribution in [-0.4, -0.2) is 27.2 Å². The number of hydrogen-bond donors (Lipinski definition) is 3. The highest BCUT2D eigenvalue weighted by molar-refractivity contribution is 5.93. The number of rotatable bonds is 7. The quantitative estimate of drug-likeness (QED) is 0.721. The van der Waals surface area contributed by atoms with Crippen molar-refractivity contribution in [3.05, 3.63) is 30.5 Å². The zero-order chi connectivity index (χ0) is 17.7. The monoisotopic (exact) mass is 331 g/mol. The van der Waals surface area contributed by atoms with Crippen molar-refractivity contribution in [1.29, 1.82) is 0 Å². The van der Waals surface area contributed by atoms with Gasteiger partial charge in [0, 0.05) is 41.3 Å². The maximum absolute atomic E-state index is 12.1. The molecule has 0 fully saturated rings. The Kier molecular flexibility index (Phi) is 5.49. The molecule has 130 valence electrons. The average molecular weight is 331 g/mol. The van der Waals surface area contributed by atoms with Crippen LogP contribution in [0, 0.1) is 0 Å². The molecule has 1 heterocycles. The minimum absolute atomic E-state index is 0.0180. The predicted molar refractivity (Wildman–Crippen MR) is 95.3 cm³/mol. The number of aryl methyl sites for hydroxylation is 1. The molecular formula is C18H25N3O3. The molecule has 6 heteroatoms. The van der Waals surface area contributed by atoms with Crippen molar-refractivity contribution in [2.75, 3.05) is 5.32 Å². The highest BCUT2D eigenvalue weighted by Gasteiger charge is 2.21. The number of nitrogens with zero attached hydrogens (tertiary/aromatic N) is 1. The molecule has 0 aliphatic rings. The Labute approximate surface area is 141 Å². The van der Waals surface area contributed by atoms with Crippen LogP contribution in [0.15, 0.2) is 30.5 Å². The fourth-order valence-electron chi connectivity index (χ4n) is 2.67. The lowest BCUT2D eigenvalue weighted by Crippen LogP contribution is -2.45. The Morgan fingerprint density at radius 2 is 2.00 bits per heavy atom. The zero-order valence-electron chi connectivity index (χ0n) is 14.4. The smallest absolute Gasteiger partial charge is 0.319 e. The van der Waals surface area contributed by atoms with Crippen LogP contribution in [0.3, 0.4) is 0 Å². The number of anilines is 1. The molecule has 0 aliphatic carbocycles. The maximum Gasteiger partial charge on any atom is 0.319 e. The van der Waals surface area contributed by atoms with E-state index in [0.29, 0.717) is 12.1 Å². The second kappa shape index (κ2) is 7.38. The number of carbonyl (C=O) groups is 2. The summed E-state index contributed by atoms with van der Waals surface area (Å²) in [4.78, 5) is 22.8. The molecule has 2 aromatic rings. The zero-order valence-corrected chi connectivity index (χ0v) is 14.4. The molecule has 0 saturated heterocycles. The minimum Gasteiger partial charge on any atom is -0.481 e. The third-order valence-electron chi connectivity index (χ3n) is 3.91. The lowest BCUT2D eigenvalue weighted by molar-refractivity contribution is -0.137. The summed E-state index contributed by atoms with van der Waals surface area (Å²) in [5, 5.41) is 15.5. The number of aromatic nitrogens is 1. The van der Waals surface area contributed by atoms with Crippen molar-refractivity contribution in [2.24, 2.45) is 0 Å². The summed E-state index contributed by atoms with van der Waals surface area (Å²) in [6.45, 7) is 6.72. The molecule has 0 aliphatic heterocycles. The molecule has 0 unspecified atom stereocenters. The van der Waals surface area contributed by atoms with Gasteiger partial charge in [-0.15, -0.1) is 0 Å². The molecule has 6 nitrogen and oxygen atoms in total. The Bertz CT molecular complexity index is 734. The maximum atomic E-state index is 12.1. The van der Waals surface area contributed by atoms with Gasteiger partial charge in [0.2, 0.25) is 0 Å². The fourth-order valence-corrected chi connectivity index (χ4v) is 2.67. The van der Waals surface area contributed by atoms with Gasteiger partial charge in [0.15, 0.2) is 0 Å². The van der Waals surface area contributed by atoms with E-state index in [-0.39, 0.29) is 12.5 Å². The van der Waals surface area contributed by atoms with Crippen molar-refractivity contribution >= 4 is 28.6 Å². The van der Waals surface area contributed by atoms with E-state index in [4.69, 9.17) is 5.11 Å². The lowest BCUT2D eigenvalue weighted by atomic mass is 9.99. The molecule has 2 rings (SSSR count). The van der Waals surface area contributed by atoms with E-state index in [1.54, 1.807) is 0 Å². The van der Waals surface area contributed by atoms with Crippen molar-refractivity contribution in [3.63, 3.8) is 0 Å². The van der Waals surface area contributed by atoms with Crippen LogP contribution in [0.25, 0.3) is 10.9 Å². The number of aliphatic carboxylic acids is 1. The predicted octanol–water partition coefficient (Wildman–Crippen LogP) is 3.82. The third-order valence-corrected chi connectivity index (χ3v) is 3.91. The highest BCUT2D eigenvalue weighted by atomic mass is 16.4. The topological polar surface area (TPSA) is 83.4 Å². The number of nitrogens with one attached hydrogen (secondary N) is 2. The molecule has 0 radical (unpaired) electrons. The fraction of sp³-hybridized carbons (Fsp3) is 0.444. The number of hydrogen-bond acceptors (Lipinski definition) is 2. The normalized spacial score (nSPS) is 11.5. The number of urea groups is 1. The Morgan fingerprint density at radius 1 is 1.25 bits per heavy atom. The van der Waals surface area contributed by atoms with Crippen LogP contribution < -0.4 is 10.6 Å². The number of benzene rings is 1. The molecule has 24 heavy (non-hydrogen) atoms. The number of carboxylic acid groups (broad SMARTS) is 1. The number of carboxylic acids is 1. The second-order valence-electron chi connectivity index (χ2n) is 6.64. The minimum atomic E-state index is -0.868. The summed E-state index contributed by atoms with van der Waals surface area (Å²) >= 11 is 0. The van der Waals surface area contributed by atoms with Gasteiger partial charge in [-0.05, 0) is 51.0 Å². The van der Waals surface area contributed by atoms with Crippen LogP contribution in [-0.2, 0) is 11.3 Å². The van der Waals surface area contributed by atoms with Crippen LogP contribution in [0.5, 0.6) is 0 Å². The van der Waals surface area contributed by atoms with Crippen LogP contribution >= 0.6 is 0 Å². The van der Waals surface area contributed by atoms with E-state index in [1.807, 2.05) is 44.3 Å². The molecule has 3 N–H and O–H groups in total. The molecule has 1 aromatic carbocycles. The summed E-state index contributed by atoms with van der Waals surface area (Å²) in [6.07, 6.45) is 3.50. The van der Waals surface area contributed by atoms with E-state index in [2.05, 4.69) is 22.1 Å². The first-order chi connectivity index (χ1) is 11.3. The highest BCUT2D eigenvalue weighted by Crippen LogP contribution is 2.21. The summed E-state index contributed by atoms with van der Waals surface area (Å²) in [7, 11) is 0. The van der Waals surface area contributed by atoms with Gasteiger partial charge in [-0.3, -0.25) is 4.79 Å². The van der Waals surface area contributed by atoms with Crippen molar-refractivity contribution in [3.8, 4) is 0 Å². The van der Waals surface area contributed by atoms with E-state index >= 15 is 0 Å². The van der Waals surface area contributed by atoms with Crippen LogP contribution in [0.4, 0.5) is 10.5 Å². The molecule has 0 saturated carbocycles. The second-order valence-corrected chi connectivity index (χ2v) is 6.64. The first-order valence-corrected chi connectivity index (χ1v) is 8.20. The summed E-state index contributed by atoms with van der Waals surface area (Å²) in [6, 6.07) is 7.50. The van der Waals surface area contributed by atoms with E-state index in [1.165, 1.54) is 0 Å². The van der Waals surface area contributed by atoms with Gasteiger partial charge in [-0.2, -0.15) is 0 Å². The van der Waals surface area contributed by atoms with E-state index in [9.17, 15) is 9.59 Å². The summed E-state index contributed by atoms with van der Waals surface area (Å²) in [5.41, 5.74) is 1.27. The van der Waals surface area contributed by atoms with Gasteiger partial charge >= 0.3 is 12.0 Å². The number of carbonyl (C=O) groups excluding carboxylic acids is 1. The Balaban J connectivity index is 2.01. The van der Waals surface area contributed by atoms with Gasteiger partial charge in [0.25, 0.3) is 0 Å². The SMILES string of the molecule is CCCn1ccc2cc(NC(=O)NC(C)(C)CCC(=O)O)ccc21.